The summed E-state index contributed by atoms with van der Waals surface area (Å²) in [6.07, 6.45) is 5.99. The summed E-state index contributed by atoms with van der Waals surface area (Å²) in [5.74, 6) is 1.95. The van der Waals surface area contributed by atoms with E-state index in [0.29, 0.717) is 17.8 Å². The minimum absolute atomic E-state index is 0.586. The zero-order valence-electron chi connectivity index (χ0n) is 11.7. The Morgan fingerprint density at radius 2 is 2.30 bits per heavy atom. The molecule has 0 amide bonds. The maximum atomic E-state index is 5.39. The molecule has 20 heavy (non-hydrogen) atoms. The summed E-state index contributed by atoms with van der Waals surface area (Å²) in [5, 5.41) is 9.56. The molecule has 1 saturated carbocycles. The molecule has 2 atom stereocenters. The fourth-order valence-corrected chi connectivity index (χ4v) is 3.50. The lowest BCUT2D eigenvalue weighted by Crippen LogP contribution is -2.39. The summed E-state index contributed by atoms with van der Waals surface area (Å²) < 4.78 is 5.39. The van der Waals surface area contributed by atoms with E-state index >= 15 is 0 Å². The quantitative estimate of drug-likeness (QED) is 0.918. The molecule has 0 radical (unpaired) electrons. The average Bonchev–Trinajstić information content (AvgIpc) is 3.12. The molecule has 5 nitrogen and oxygen atoms in total. The van der Waals surface area contributed by atoms with E-state index in [-0.39, 0.29) is 0 Å². The third-order valence-electron chi connectivity index (χ3n) is 3.94. The fraction of sp³-hybridized carbons (Fsp3) is 0.643. The predicted molar refractivity (Wildman–Crippen MR) is 78.5 cm³/mol. The molecular weight excluding hydrogens is 272 g/mol. The van der Waals surface area contributed by atoms with Crippen LogP contribution in [0.2, 0.25) is 0 Å². The molecule has 2 unspecified atom stereocenters. The summed E-state index contributed by atoms with van der Waals surface area (Å²) in [4.78, 5) is 8.69. The van der Waals surface area contributed by atoms with Crippen molar-refractivity contribution < 1.29 is 4.52 Å². The van der Waals surface area contributed by atoms with Gasteiger partial charge in [0, 0.05) is 17.8 Å². The number of nitrogens with one attached hydrogen (secondary N) is 1. The largest absolute Gasteiger partial charge is 0.339 e. The van der Waals surface area contributed by atoms with Gasteiger partial charge in [0.25, 0.3) is 0 Å². The second-order valence-corrected chi connectivity index (χ2v) is 6.02. The van der Waals surface area contributed by atoms with E-state index in [1.54, 1.807) is 16.8 Å². The zero-order valence-corrected chi connectivity index (χ0v) is 12.5. The first-order valence-electron chi connectivity index (χ1n) is 7.31. The number of thiazole rings is 1. The van der Waals surface area contributed by atoms with Crippen LogP contribution in [0.15, 0.2) is 15.4 Å². The summed E-state index contributed by atoms with van der Waals surface area (Å²) >= 11 is 1.54. The SMILES string of the molecule is CCNC1CCCCC1Cc1nc(-c2cscn2)no1. The Morgan fingerprint density at radius 1 is 1.40 bits per heavy atom. The second kappa shape index (κ2) is 6.45. The van der Waals surface area contributed by atoms with Gasteiger partial charge in [-0.1, -0.05) is 24.9 Å². The van der Waals surface area contributed by atoms with Gasteiger partial charge < -0.3 is 9.84 Å². The minimum atomic E-state index is 0.586. The number of nitrogens with zero attached hydrogens (tertiary/aromatic N) is 3. The smallest absolute Gasteiger partial charge is 0.227 e. The predicted octanol–water partition coefficient (Wildman–Crippen LogP) is 2.90. The Hall–Kier alpha value is -1.27. The van der Waals surface area contributed by atoms with Gasteiger partial charge in [-0.15, -0.1) is 11.3 Å². The lowest BCUT2D eigenvalue weighted by Gasteiger charge is -2.31. The van der Waals surface area contributed by atoms with Crippen LogP contribution < -0.4 is 5.32 Å². The van der Waals surface area contributed by atoms with E-state index in [9.17, 15) is 0 Å². The molecule has 108 valence electrons. The molecule has 6 heteroatoms. The van der Waals surface area contributed by atoms with Gasteiger partial charge in [-0.2, -0.15) is 4.98 Å². The monoisotopic (exact) mass is 292 g/mol. The molecule has 0 aliphatic heterocycles. The van der Waals surface area contributed by atoms with Gasteiger partial charge in [0.05, 0.1) is 5.51 Å². The highest BCUT2D eigenvalue weighted by molar-refractivity contribution is 7.07. The molecule has 1 N–H and O–H groups in total. The van der Waals surface area contributed by atoms with Crippen LogP contribution >= 0.6 is 11.3 Å². The first-order valence-corrected chi connectivity index (χ1v) is 8.25. The van der Waals surface area contributed by atoms with E-state index in [1.165, 1.54) is 25.7 Å². The molecule has 1 aliphatic rings. The molecular formula is C14H20N4OS. The molecule has 2 aromatic rings. The van der Waals surface area contributed by atoms with Gasteiger partial charge in [0.15, 0.2) is 0 Å². The van der Waals surface area contributed by atoms with Gasteiger partial charge in [-0.05, 0) is 25.3 Å². The van der Waals surface area contributed by atoms with Crippen molar-refractivity contribution >= 4 is 11.3 Å². The fourth-order valence-electron chi connectivity index (χ4n) is 2.97. The molecule has 2 aromatic heterocycles. The van der Waals surface area contributed by atoms with Gasteiger partial charge in [0.2, 0.25) is 11.7 Å². The zero-order chi connectivity index (χ0) is 13.8. The highest BCUT2D eigenvalue weighted by Gasteiger charge is 2.26. The van der Waals surface area contributed by atoms with E-state index in [4.69, 9.17) is 4.52 Å². The Kier molecular flexibility index (Phi) is 4.42. The molecule has 0 spiro atoms. The van der Waals surface area contributed by atoms with Crippen molar-refractivity contribution in [1.82, 2.24) is 20.4 Å². The van der Waals surface area contributed by atoms with Crippen molar-refractivity contribution in [3.63, 3.8) is 0 Å². The topological polar surface area (TPSA) is 63.8 Å². The third-order valence-corrected chi connectivity index (χ3v) is 4.53. The number of aromatic nitrogens is 3. The van der Waals surface area contributed by atoms with Crippen molar-refractivity contribution in [2.24, 2.45) is 5.92 Å². The van der Waals surface area contributed by atoms with E-state index in [0.717, 1.165) is 24.6 Å². The Morgan fingerprint density at radius 3 is 3.10 bits per heavy atom. The Balaban J connectivity index is 1.67. The maximum Gasteiger partial charge on any atom is 0.227 e. The van der Waals surface area contributed by atoms with Crippen molar-refractivity contribution in [3.8, 4) is 11.5 Å². The molecule has 3 rings (SSSR count). The van der Waals surface area contributed by atoms with Crippen LogP contribution in [0.5, 0.6) is 0 Å². The Bertz CT molecular complexity index is 523. The lowest BCUT2D eigenvalue weighted by atomic mass is 9.82. The average molecular weight is 292 g/mol. The molecule has 2 heterocycles. The van der Waals surface area contributed by atoms with E-state index in [1.807, 2.05) is 5.38 Å². The highest BCUT2D eigenvalue weighted by Crippen LogP contribution is 2.27. The molecule has 1 aliphatic carbocycles. The Labute approximate surface area is 122 Å². The number of rotatable bonds is 5. The highest BCUT2D eigenvalue weighted by atomic mass is 32.1. The van der Waals surface area contributed by atoms with Gasteiger partial charge in [-0.3, -0.25) is 0 Å². The normalized spacial score (nSPS) is 23.1. The van der Waals surface area contributed by atoms with E-state index < -0.39 is 0 Å². The standard InChI is InChI=1S/C14H20N4OS/c1-2-15-11-6-4-3-5-10(11)7-13-17-14(18-19-13)12-8-20-9-16-12/h8-11,15H,2-7H2,1H3. The van der Waals surface area contributed by atoms with Crippen molar-refractivity contribution in [3.05, 3.63) is 16.8 Å². The van der Waals surface area contributed by atoms with Crippen LogP contribution in [0.1, 0.15) is 38.5 Å². The van der Waals surface area contributed by atoms with Crippen LogP contribution in [0, 0.1) is 5.92 Å². The lowest BCUT2D eigenvalue weighted by molar-refractivity contribution is 0.242. The molecule has 0 aromatic carbocycles. The van der Waals surface area contributed by atoms with Gasteiger partial charge >= 0.3 is 0 Å². The van der Waals surface area contributed by atoms with Crippen LogP contribution in [0.4, 0.5) is 0 Å². The van der Waals surface area contributed by atoms with Gasteiger partial charge in [0.1, 0.15) is 5.69 Å². The second-order valence-electron chi connectivity index (χ2n) is 5.30. The van der Waals surface area contributed by atoms with Crippen LogP contribution in [-0.2, 0) is 6.42 Å². The molecule has 1 fully saturated rings. The first kappa shape index (κ1) is 13.7. The van der Waals surface area contributed by atoms with Crippen LogP contribution in [-0.4, -0.2) is 27.7 Å². The molecule has 0 saturated heterocycles. The maximum absolute atomic E-state index is 5.39. The van der Waals surface area contributed by atoms with Crippen molar-refractivity contribution in [1.29, 1.82) is 0 Å². The summed E-state index contributed by atoms with van der Waals surface area (Å²) in [7, 11) is 0. The van der Waals surface area contributed by atoms with Gasteiger partial charge in [-0.25, -0.2) is 4.98 Å². The summed E-state index contributed by atoms with van der Waals surface area (Å²) in [6.45, 7) is 3.19. The first-order chi connectivity index (χ1) is 9.86. The summed E-state index contributed by atoms with van der Waals surface area (Å²) in [6, 6.07) is 0.586. The third kappa shape index (κ3) is 3.07. The molecule has 0 bridgehead atoms. The minimum Gasteiger partial charge on any atom is -0.339 e. The van der Waals surface area contributed by atoms with Crippen LogP contribution in [0.3, 0.4) is 0 Å². The van der Waals surface area contributed by atoms with Crippen molar-refractivity contribution in [2.75, 3.05) is 6.54 Å². The van der Waals surface area contributed by atoms with Crippen molar-refractivity contribution in [2.45, 2.75) is 45.1 Å². The number of hydrogen-bond acceptors (Lipinski definition) is 6. The van der Waals surface area contributed by atoms with E-state index in [2.05, 4.69) is 27.4 Å². The van der Waals surface area contributed by atoms with Crippen LogP contribution in [0.25, 0.3) is 11.5 Å². The summed E-state index contributed by atoms with van der Waals surface area (Å²) in [5.41, 5.74) is 2.59. The number of hydrogen-bond donors (Lipinski definition) is 1.